The number of nitrogens with zero attached hydrogens (tertiary/aromatic N) is 5. The third kappa shape index (κ3) is 6.89. The molecule has 1 saturated heterocycles. The summed E-state index contributed by atoms with van der Waals surface area (Å²) in [6.45, 7) is 15.3. The van der Waals surface area contributed by atoms with Crippen LogP contribution >= 0.6 is 0 Å². The number of hydrogen-bond donors (Lipinski definition) is 1. The van der Waals surface area contributed by atoms with Gasteiger partial charge in [-0.05, 0) is 59.2 Å². The molecule has 1 amide bonds. The molecule has 2 aliphatic rings. The van der Waals surface area contributed by atoms with E-state index in [1.54, 1.807) is 23.2 Å². The van der Waals surface area contributed by atoms with Gasteiger partial charge in [0, 0.05) is 32.6 Å². The lowest BCUT2D eigenvalue weighted by atomic mass is 10.0. The van der Waals surface area contributed by atoms with Gasteiger partial charge in [-0.1, -0.05) is 12.1 Å². The van der Waals surface area contributed by atoms with Crippen molar-refractivity contribution in [1.82, 2.24) is 14.9 Å². The number of aromatic nitrogens is 2. The minimum Gasteiger partial charge on any atom is -0.458 e. The molecule has 212 valence electrons. The normalized spacial score (nSPS) is 17.7. The molecule has 0 aliphatic carbocycles. The fraction of sp³-hybridized carbons (Fsp3) is 0.571. The van der Waals surface area contributed by atoms with Gasteiger partial charge in [0.05, 0.1) is 31.3 Å². The van der Waals surface area contributed by atoms with Gasteiger partial charge in [0.1, 0.15) is 17.4 Å². The second kappa shape index (κ2) is 12.1. The van der Waals surface area contributed by atoms with Crippen molar-refractivity contribution in [2.75, 3.05) is 54.5 Å². The quantitative estimate of drug-likeness (QED) is 0.498. The van der Waals surface area contributed by atoms with Gasteiger partial charge < -0.3 is 34.2 Å². The van der Waals surface area contributed by atoms with Crippen molar-refractivity contribution in [3.8, 4) is 5.75 Å². The monoisotopic (exact) mass is 540 g/mol. The summed E-state index contributed by atoms with van der Waals surface area (Å²) in [6.07, 6.45) is 1.56. The third-order valence-corrected chi connectivity index (χ3v) is 6.67. The maximum absolute atomic E-state index is 13.6. The molecule has 1 aromatic heterocycles. The molecule has 2 aliphatic heterocycles. The minimum absolute atomic E-state index is 0.201. The standard InChI is InChI=1S/C28H40N6O5/c1-7-32(8-2)26-29-18-22-24(31-26)34(19(3)30-22)23(25(35)39-28(4,5)6)17-20-9-11-21(12-10-20)38-27(36)33-13-15-37-16-14-33/h9-12,18-19,23,30H,7-8,13-17H2,1-6H3/t19?,23-/m0/s1. The molecule has 39 heavy (non-hydrogen) atoms. The lowest BCUT2D eigenvalue weighted by molar-refractivity contribution is -0.156. The van der Waals surface area contributed by atoms with Crippen LogP contribution in [0.25, 0.3) is 0 Å². The van der Waals surface area contributed by atoms with Crippen LogP contribution < -0.4 is 19.9 Å². The number of fused-ring (bicyclic) bond motifs is 1. The Labute approximate surface area is 230 Å². The van der Waals surface area contributed by atoms with Crippen LogP contribution in [0.4, 0.5) is 22.2 Å². The van der Waals surface area contributed by atoms with Crippen molar-refractivity contribution in [2.24, 2.45) is 0 Å². The molecule has 4 rings (SSSR count). The molecule has 0 saturated carbocycles. The zero-order chi connectivity index (χ0) is 28.2. The lowest BCUT2D eigenvalue weighted by Crippen LogP contribution is -2.50. The van der Waals surface area contributed by atoms with Gasteiger partial charge in [0.25, 0.3) is 0 Å². The van der Waals surface area contributed by atoms with Crippen LogP contribution in [0.2, 0.25) is 0 Å². The number of ether oxygens (including phenoxy) is 3. The number of amides is 1. The second-order valence-electron chi connectivity index (χ2n) is 10.7. The summed E-state index contributed by atoms with van der Waals surface area (Å²) in [5.41, 5.74) is 1.03. The van der Waals surface area contributed by atoms with Gasteiger partial charge in [-0.15, -0.1) is 0 Å². The Kier molecular flexibility index (Phi) is 8.79. The summed E-state index contributed by atoms with van der Waals surface area (Å²) in [6, 6.07) is 6.60. The molecule has 11 nitrogen and oxygen atoms in total. The van der Waals surface area contributed by atoms with Crippen LogP contribution in [-0.4, -0.2) is 84.1 Å². The van der Waals surface area contributed by atoms with Gasteiger partial charge in [-0.2, -0.15) is 4.98 Å². The highest BCUT2D eigenvalue weighted by Gasteiger charge is 2.39. The average Bonchev–Trinajstić information content (AvgIpc) is 3.23. The summed E-state index contributed by atoms with van der Waals surface area (Å²) < 4.78 is 16.7. The zero-order valence-corrected chi connectivity index (χ0v) is 23.8. The highest BCUT2D eigenvalue weighted by atomic mass is 16.6. The number of nitrogens with one attached hydrogen (secondary N) is 1. The van der Waals surface area contributed by atoms with Gasteiger partial charge in [0.15, 0.2) is 5.82 Å². The predicted octanol–water partition coefficient (Wildman–Crippen LogP) is 3.68. The van der Waals surface area contributed by atoms with Crippen LogP contribution in [0, 0.1) is 0 Å². The number of hydrogen-bond acceptors (Lipinski definition) is 10. The predicted molar refractivity (Wildman–Crippen MR) is 149 cm³/mol. The fourth-order valence-electron chi connectivity index (χ4n) is 4.71. The molecule has 2 aromatic rings. The second-order valence-corrected chi connectivity index (χ2v) is 10.7. The SMILES string of the molecule is CCN(CC)c1ncc2c(n1)N([C@@H](Cc1ccc(OC(=O)N3CCOCC3)cc1)C(=O)OC(C)(C)C)C(C)N2. The summed E-state index contributed by atoms with van der Waals surface area (Å²) in [5.74, 6) is 1.40. The highest BCUT2D eigenvalue weighted by molar-refractivity contribution is 5.85. The van der Waals surface area contributed by atoms with Crippen LogP contribution in [0.15, 0.2) is 30.5 Å². The Morgan fingerprint density at radius 2 is 1.82 bits per heavy atom. The summed E-state index contributed by atoms with van der Waals surface area (Å²) in [7, 11) is 0. The summed E-state index contributed by atoms with van der Waals surface area (Å²) >= 11 is 0. The smallest absolute Gasteiger partial charge is 0.415 e. The van der Waals surface area contributed by atoms with Crippen molar-refractivity contribution in [2.45, 2.75) is 65.8 Å². The van der Waals surface area contributed by atoms with E-state index in [2.05, 4.69) is 29.0 Å². The van der Waals surface area contributed by atoms with E-state index in [0.29, 0.717) is 50.2 Å². The maximum atomic E-state index is 13.6. The van der Waals surface area contributed by atoms with Crippen LogP contribution in [-0.2, 0) is 20.7 Å². The molecular formula is C28H40N6O5. The van der Waals surface area contributed by atoms with Crippen molar-refractivity contribution in [1.29, 1.82) is 0 Å². The molecular weight excluding hydrogens is 500 g/mol. The van der Waals surface area contributed by atoms with E-state index in [0.717, 1.165) is 24.3 Å². The Balaban J connectivity index is 1.58. The van der Waals surface area contributed by atoms with Crippen molar-refractivity contribution in [3.05, 3.63) is 36.0 Å². The lowest BCUT2D eigenvalue weighted by Gasteiger charge is -2.33. The molecule has 3 heterocycles. The van der Waals surface area contributed by atoms with Gasteiger partial charge in [-0.25, -0.2) is 14.6 Å². The average molecular weight is 541 g/mol. The molecule has 2 atom stereocenters. The Morgan fingerprint density at radius 1 is 1.15 bits per heavy atom. The minimum atomic E-state index is -0.649. The van der Waals surface area contributed by atoms with Gasteiger partial charge in [0.2, 0.25) is 5.95 Å². The molecule has 0 bridgehead atoms. The van der Waals surface area contributed by atoms with Crippen molar-refractivity contribution < 1.29 is 23.8 Å². The first-order chi connectivity index (χ1) is 18.6. The molecule has 1 N–H and O–H groups in total. The molecule has 1 unspecified atom stereocenters. The number of esters is 1. The fourth-order valence-corrected chi connectivity index (χ4v) is 4.71. The van der Waals surface area contributed by atoms with E-state index < -0.39 is 17.7 Å². The Bertz CT molecular complexity index is 1140. The molecule has 0 spiro atoms. The van der Waals surface area contributed by atoms with Gasteiger partial charge in [-0.3, -0.25) is 0 Å². The largest absolute Gasteiger partial charge is 0.458 e. The van der Waals surface area contributed by atoms with E-state index >= 15 is 0 Å². The molecule has 11 heteroatoms. The van der Waals surface area contributed by atoms with E-state index in [4.69, 9.17) is 19.2 Å². The first-order valence-corrected chi connectivity index (χ1v) is 13.6. The molecule has 0 radical (unpaired) electrons. The first kappa shape index (κ1) is 28.4. The molecule has 1 fully saturated rings. The number of morpholine rings is 1. The van der Waals surface area contributed by atoms with E-state index in [1.165, 1.54) is 0 Å². The van der Waals surface area contributed by atoms with E-state index in [-0.39, 0.29) is 12.1 Å². The maximum Gasteiger partial charge on any atom is 0.415 e. The zero-order valence-electron chi connectivity index (χ0n) is 23.8. The highest BCUT2D eigenvalue weighted by Crippen LogP contribution is 2.36. The number of rotatable bonds is 8. The van der Waals surface area contributed by atoms with Crippen molar-refractivity contribution >= 4 is 29.5 Å². The first-order valence-electron chi connectivity index (χ1n) is 13.6. The van der Waals surface area contributed by atoms with E-state index in [9.17, 15) is 9.59 Å². The number of carbonyl (C=O) groups is 2. The number of benzene rings is 1. The number of anilines is 3. The van der Waals surface area contributed by atoms with Crippen molar-refractivity contribution in [3.63, 3.8) is 0 Å². The topological polar surface area (TPSA) is 109 Å². The number of carbonyl (C=O) groups excluding carboxylic acids is 2. The summed E-state index contributed by atoms with van der Waals surface area (Å²) in [5, 5.41) is 3.40. The third-order valence-electron chi connectivity index (χ3n) is 6.67. The van der Waals surface area contributed by atoms with Crippen LogP contribution in [0.5, 0.6) is 5.75 Å². The Hall–Kier alpha value is -3.60. The Morgan fingerprint density at radius 3 is 2.44 bits per heavy atom. The van der Waals surface area contributed by atoms with Crippen LogP contribution in [0.3, 0.4) is 0 Å². The van der Waals surface area contributed by atoms with Crippen LogP contribution in [0.1, 0.15) is 47.1 Å². The summed E-state index contributed by atoms with van der Waals surface area (Å²) in [4.78, 5) is 41.1. The molecule has 1 aromatic carbocycles. The van der Waals surface area contributed by atoms with E-state index in [1.807, 2.05) is 44.7 Å². The van der Waals surface area contributed by atoms with Gasteiger partial charge >= 0.3 is 12.1 Å².